The standard InChI is InChI=1S/C11H18O4/c1-4-8-6-11(14,10(13)15-3)5-7(2)9(8)12/h4,7-9,12,14H,1,5-6H2,2-3H3/t7-,8-,9-,11+/m1/s1. The van der Waals surface area contributed by atoms with E-state index in [9.17, 15) is 15.0 Å². The monoisotopic (exact) mass is 214 g/mol. The summed E-state index contributed by atoms with van der Waals surface area (Å²) in [4.78, 5) is 11.4. The van der Waals surface area contributed by atoms with Crippen molar-refractivity contribution in [3.8, 4) is 0 Å². The summed E-state index contributed by atoms with van der Waals surface area (Å²) in [5.74, 6) is -1.04. The van der Waals surface area contributed by atoms with E-state index in [1.807, 2.05) is 0 Å². The van der Waals surface area contributed by atoms with E-state index in [4.69, 9.17) is 0 Å². The molecule has 0 aliphatic heterocycles. The van der Waals surface area contributed by atoms with E-state index < -0.39 is 17.7 Å². The Morgan fingerprint density at radius 3 is 2.67 bits per heavy atom. The van der Waals surface area contributed by atoms with Gasteiger partial charge in [0.15, 0.2) is 5.60 Å². The van der Waals surface area contributed by atoms with Gasteiger partial charge in [0.05, 0.1) is 13.2 Å². The molecule has 0 spiro atoms. The van der Waals surface area contributed by atoms with Gasteiger partial charge < -0.3 is 14.9 Å². The van der Waals surface area contributed by atoms with Gasteiger partial charge in [0.2, 0.25) is 0 Å². The fraction of sp³-hybridized carbons (Fsp3) is 0.727. The molecule has 0 aromatic carbocycles. The number of hydrogen-bond donors (Lipinski definition) is 2. The van der Waals surface area contributed by atoms with Crippen molar-refractivity contribution in [1.82, 2.24) is 0 Å². The highest BCUT2D eigenvalue weighted by molar-refractivity contribution is 5.79. The van der Waals surface area contributed by atoms with E-state index in [2.05, 4.69) is 11.3 Å². The van der Waals surface area contributed by atoms with Gasteiger partial charge in [-0.3, -0.25) is 0 Å². The maximum atomic E-state index is 11.4. The second-order valence-corrected chi connectivity index (χ2v) is 4.30. The minimum atomic E-state index is -1.48. The molecule has 1 fully saturated rings. The highest BCUT2D eigenvalue weighted by Crippen LogP contribution is 2.37. The fourth-order valence-electron chi connectivity index (χ4n) is 2.25. The second-order valence-electron chi connectivity index (χ2n) is 4.30. The zero-order chi connectivity index (χ0) is 11.6. The van der Waals surface area contributed by atoms with Gasteiger partial charge in [0.25, 0.3) is 0 Å². The van der Waals surface area contributed by atoms with Crippen LogP contribution in [0.25, 0.3) is 0 Å². The second kappa shape index (κ2) is 4.33. The van der Waals surface area contributed by atoms with Gasteiger partial charge in [-0.25, -0.2) is 4.79 Å². The summed E-state index contributed by atoms with van der Waals surface area (Å²) in [6.45, 7) is 5.40. The summed E-state index contributed by atoms with van der Waals surface area (Å²) >= 11 is 0. The molecule has 0 bridgehead atoms. The van der Waals surface area contributed by atoms with Gasteiger partial charge in [-0.1, -0.05) is 13.0 Å². The smallest absolute Gasteiger partial charge is 0.337 e. The highest BCUT2D eigenvalue weighted by atomic mass is 16.5. The molecule has 0 radical (unpaired) electrons. The number of hydrogen-bond acceptors (Lipinski definition) is 4. The van der Waals surface area contributed by atoms with Crippen LogP contribution in [0, 0.1) is 11.8 Å². The number of ether oxygens (including phenoxy) is 1. The van der Waals surface area contributed by atoms with Crippen LogP contribution in [0.15, 0.2) is 12.7 Å². The molecule has 4 atom stereocenters. The van der Waals surface area contributed by atoms with Crippen LogP contribution in [0.3, 0.4) is 0 Å². The van der Waals surface area contributed by atoms with Crippen molar-refractivity contribution in [2.75, 3.05) is 7.11 Å². The van der Waals surface area contributed by atoms with Crippen LogP contribution in [-0.2, 0) is 9.53 Å². The molecule has 0 heterocycles. The summed E-state index contributed by atoms with van der Waals surface area (Å²) in [5, 5.41) is 19.9. The third-order valence-corrected chi connectivity index (χ3v) is 3.12. The zero-order valence-electron chi connectivity index (χ0n) is 9.14. The maximum absolute atomic E-state index is 11.4. The van der Waals surface area contributed by atoms with Crippen LogP contribution in [0.2, 0.25) is 0 Å². The third-order valence-electron chi connectivity index (χ3n) is 3.12. The van der Waals surface area contributed by atoms with Crippen LogP contribution in [0.5, 0.6) is 0 Å². The minimum absolute atomic E-state index is 0.147. The quantitative estimate of drug-likeness (QED) is 0.518. The summed E-state index contributed by atoms with van der Waals surface area (Å²) in [5.41, 5.74) is -1.48. The number of carbonyl (C=O) groups excluding carboxylic acids is 1. The molecule has 0 unspecified atom stereocenters. The number of rotatable bonds is 2. The van der Waals surface area contributed by atoms with Gasteiger partial charge in [-0.15, -0.1) is 6.58 Å². The molecule has 0 aromatic heterocycles. The van der Waals surface area contributed by atoms with Crippen LogP contribution in [-0.4, -0.2) is 35.0 Å². The van der Waals surface area contributed by atoms with E-state index in [1.54, 1.807) is 13.0 Å². The Labute approximate surface area is 89.6 Å². The number of aliphatic hydroxyl groups excluding tert-OH is 1. The average molecular weight is 214 g/mol. The first kappa shape index (κ1) is 12.2. The summed E-state index contributed by atoms with van der Waals surface area (Å²) < 4.78 is 4.56. The molecule has 0 amide bonds. The molecular formula is C11H18O4. The predicted molar refractivity (Wildman–Crippen MR) is 55.1 cm³/mol. The number of methoxy groups -OCH3 is 1. The Morgan fingerprint density at radius 1 is 1.60 bits per heavy atom. The summed E-state index contributed by atoms with van der Waals surface area (Å²) in [6, 6.07) is 0. The molecule has 86 valence electrons. The first-order chi connectivity index (χ1) is 6.94. The lowest BCUT2D eigenvalue weighted by atomic mass is 9.71. The minimum Gasteiger partial charge on any atom is -0.467 e. The van der Waals surface area contributed by atoms with Crippen LogP contribution >= 0.6 is 0 Å². The number of aliphatic hydroxyl groups is 2. The Balaban J connectivity index is 2.86. The van der Waals surface area contributed by atoms with Crippen molar-refractivity contribution in [3.05, 3.63) is 12.7 Å². The molecule has 4 nitrogen and oxygen atoms in total. The molecule has 0 aromatic rings. The van der Waals surface area contributed by atoms with Crippen molar-refractivity contribution >= 4 is 5.97 Å². The average Bonchev–Trinajstić information content (AvgIpc) is 2.22. The van der Waals surface area contributed by atoms with E-state index in [-0.39, 0.29) is 24.7 Å². The summed E-state index contributed by atoms with van der Waals surface area (Å²) in [7, 11) is 1.25. The normalized spacial score (nSPS) is 40.9. The lowest BCUT2D eigenvalue weighted by Crippen LogP contribution is -2.50. The Hall–Kier alpha value is -0.870. The van der Waals surface area contributed by atoms with Crippen LogP contribution in [0.1, 0.15) is 19.8 Å². The van der Waals surface area contributed by atoms with Gasteiger partial charge in [-0.05, 0) is 18.8 Å². The molecule has 15 heavy (non-hydrogen) atoms. The summed E-state index contributed by atoms with van der Waals surface area (Å²) in [6.07, 6.45) is 1.43. The lowest BCUT2D eigenvalue weighted by molar-refractivity contribution is -0.173. The van der Waals surface area contributed by atoms with Crippen molar-refractivity contribution < 1.29 is 19.7 Å². The largest absolute Gasteiger partial charge is 0.467 e. The number of esters is 1. The highest BCUT2D eigenvalue weighted by Gasteiger charge is 2.47. The molecule has 1 rings (SSSR count). The molecule has 0 saturated heterocycles. The van der Waals surface area contributed by atoms with Gasteiger partial charge >= 0.3 is 5.97 Å². The van der Waals surface area contributed by atoms with E-state index >= 15 is 0 Å². The van der Waals surface area contributed by atoms with Gasteiger partial charge in [0.1, 0.15) is 0 Å². The number of carbonyl (C=O) groups is 1. The molecule has 1 aliphatic rings. The van der Waals surface area contributed by atoms with E-state index in [0.717, 1.165) is 0 Å². The van der Waals surface area contributed by atoms with Crippen LogP contribution in [0.4, 0.5) is 0 Å². The Morgan fingerprint density at radius 2 is 2.20 bits per heavy atom. The van der Waals surface area contributed by atoms with Crippen molar-refractivity contribution in [2.45, 2.75) is 31.5 Å². The van der Waals surface area contributed by atoms with E-state index in [0.29, 0.717) is 0 Å². The predicted octanol–water partition coefficient (Wildman–Crippen LogP) is 0.484. The molecule has 2 N–H and O–H groups in total. The van der Waals surface area contributed by atoms with Crippen molar-refractivity contribution in [1.29, 1.82) is 0 Å². The maximum Gasteiger partial charge on any atom is 0.337 e. The lowest BCUT2D eigenvalue weighted by Gasteiger charge is -2.40. The SMILES string of the molecule is C=C[C@@H]1C[C@](O)(C(=O)OC)C[C@@H](C)[C@H]1O. The van der Waals surface area contributed by atoms with Gasteiger partial charge in [-0.2, -0.15) is 0 Å². The van der Waals surface area contributed by atoms with Crippen molar-refractivity contribution in [2.24, 2.45) is 11.8 Å². The topological polar surface area (TPSA) is 66.8 Å². The molecule has 1 saturated carbocycles. The van der Waals surface area contributed by atoms with Crippen molar-refractivity contribution in [3.63, 3.8) is 0 Å². The molecule has 4 heteroatoms. The first-order valence-electron chi connectivity index (χ1n) is 5.06. The molecule has 1 aliphatic carbocycles. The fourth-order valence-corrected chi connectivity index (χ4v) is 2.25. The van der Waals surface area contributed by atoms with Gasteiger partial charge in [0, 0.05) is 5.92 Å². The molecular weight excluding hydrogens is 196 g/mol. The van der Waals surface area contributed by atoms with E-state index in [1.165, 1.54) is 7.11 Å². The Kier molecular flexibility index (Phi) is 3.52. The van der Waals surface area contributed by atoms with Crippen LogP contribution < -0.4 is 0 Å². The first-order valence-corrected chi connectivity index (χ1v) is 5.06. The Bertz CT molecular complexity index is 263. The third kappa shape index (κ3) is 2.21. The zero-order valence-corrected chi connectivity index (χ0v) is 9.14.